The van der Waals surface area contributed by atoms with Crippen molar-refractivity contribution in [2.24, 2.45) is 0 Å². The van der Waals surface area contributed by atoms with Gasteiger partial charge >= 0.3 is 6.36 Å². The van der Waals surface area contributed by atoms with Gasteiger partial charge in [-0.2, -0.15) is 0 Å². The lowest BCUT2D eigenvalue weighted by Crippen LogP contribution is -2.20. The number of hydrogen-bond acceptors (Lipinski definition) is 5. The van der Waals surface area contributed by atoms with Crippen LogP contribution in [-0.4, -0.2) is 28.0 Å². The number of ether oxygens (including phenoxy) is 3. The van der Waals surface area contributed by atoms with Crippen LogP contribution in [0, 0.1) is 0 Å². The van der Waals surface area contributed by atoms with Crippen molar-refractivity contribution in [3.05, 3.63) is 42.5 Å². The molecule has 0 bridgehead atoms. The summed E-state index contributed by atoms with van der Waals surface area (Å²) in [5, 5.41) is 0. The Hall–Kier alpha value is -2.62. The van der Waals surface area contributed by atoms with Crippen molar-refractivity contribution in [2.45, 2.75) is 17.7 Å². The van der Waals surface area contributed by atoms with Crippen LogP contribution in [-0.2, 0) is 10.0 Å². The number of benzene rings is 2. The zero-order chi connectivity index (χ0) is 18.8. The molecular weight excluding hydrogens is 375 g/mol. The molecule has 0 amide bonds. The summed E-state index contributed by atoms with van der Waals surface area (Å²) in [5.41, 5.74) is 0.121. The van der Waals surface area contributed by atoms with E-state index in [1.54, 1.807) is 0 Å². The number of alkyl halides is 3. The van der Waals surface area contributed by atoms with Crippen molar-refractivity contribution >= 4 is 15.7 Å². The van der Waals surface area contributed by atoms with Gasteiger partial charge in [0.05, 0.1) is 18.9 Å². The quantitative estimate of drug-likeness (QED) is 0.866. The minimum Gasteiger partial charge on any atom is -0.490 e. The van der Waals surface area contributed by atoms with Crippen LogP contribution >= 0.6 is 0 Å². The van der Waals surface area contributed by atoms with Crippen LogP contribution in [0.1, 0.15) is 6.42 Å². The third-order valence-electron chi connectivity index (χ3n) is 3.36. The maximum absolute atomic E-state index is 12.5. The molecule has 6 nitrogen and oxygen atoms in total. The Balaban J connectivity index is 1.89. The van der Waals surface area contributed by atoms with Crippen LogP contribution in [0.25, 0.3) is 0 Å². The van der Waals surface area contributed by atoms with E-state index in [2.05, 4.69) is 9.46 Å². The van der Waals surface area contributed by atoms with E-state index in [1.165, 1.54) is 30.3 Å². The first-order valence-corrected chi connectivity index (χ1v) is 9.00. The third-order valence-corrected chi connectivity index (χ3v) is 4.78. The summed E-state index contributed by atoms with van der Waals surface area (Å²) in [7, 11) is -4.32. The number of halogens is 3. The molecule has 1 heterocycles. The van der Waals surface area contributed by atoms with Crippen molar-refractivity contribution in [1.82, 2.24) is 0 Å². The second kappa shape index (κ2) is 6.94. The Morgan fingerprint density at radius 2 is 1.69 bits per heavy atom. The number of nitrogens with one attached hydrogen (secondary N) is 1. The summed E-state index contributed by atoms with van der Waals surface area (Å²) in [6, 6.07) is 8.85. The van der Waals surface area contributed by atoms with E-state index in [0.717, 1.165) is 12.1 Å². The number of sulfonamides is 1. The fraction of sp³-hybridized carbons (Fsp3) is 0.250. The number of rotatable bonds is 4. The molecule has 0 fully saturated rings. The van der Waals surface area contributed by atoms with Gasteiger partial charge in [0.25, 0.3) is 10.0 Å². The van der Waals surface area contributed by atoms with E-state index in [-0.39, 0.29) is 5.69 Å². The van der Waals surface area contributed by atoms with Crippen LogP contribution in [0.3, 0.4) is 0 Å². The van der Waals surface area contributed by atoms with E-state index in [0.29, 0.717) is 31.1 Å². The molecule has 0 atom stereocenters. The highest BCUT2D eigenvalue weighted by Gasteiger charge is 2.34. The minimum atomic E-state index is -5.01. The highest BCUT2D eigenvalue weighted by atomic mass is 32.2. The van der Waals surface area contributed by atoms with Crippen LogP contribution in [0.5, 0.6) is 17.2 Å². The van der Waals surface area contributed by atoms with Crippen molar-refractivity contribution in [2.75, 3.05) is 17.9 Å². The van der Waals surface area contributed by atoms with Crippen LogP contribution in [0.2, 0.25) is 0 Å². The first-order valence-electron chi connectivity index (χ1n) is 7.52. The Bertz CT molecular complexity index is 899. The molecule has 0 saturated carbocycles. The smallest absolute Gasteiger partial charge is 0.490 e. The van der Waals surface area contributed by atoms with Gasteiger partial charge in [-0.25, -0.2) is 8.42 Å². The van der Waals surface area contributed by atoms with E-state index in [1.807, 2.05) is 0 Å². The fourth-order valence-corrected chi connectivity index (χ4v) is 3.50. The molecule has 2 aromatic carbocycles. The van der Waals surface area contributed by atoms with Crippen LogP contribution in [0.4, 0.5) is 18.9 Å². The van der Waals surface area contributed by atoms with Crippen molar-refractivity contribution < 1.29 is 35.8 Å². The normalized spacial score (nSPS) is 14.4. The summed E-state index contributed by atoms with van der Waals surface area (Å²) in [6.45, 7) is 0.881. The molecule has 1 N–H and O–H groups in total. The summed E-state index contributed by atoms with van der Waals surface area (Å²) in [5.74, 6) is -0.00405. The van der Waals surface area contributed by atoms with Gasteiger partial charge in [0.1, 0.15) is 10.6 Å². The Morgan fingerprint density at radius 1 is 1.00 bits per heavy atom. The van der Waals surface area contributed by atoms with Gasteiger partial charge in [0, 0.05) is 12.5 Å². The molecule has 140 valence electrons. The van der Waals surface area contributed by atoms with Gasteiger partial charge in [0.15, 0.2) is 11.5 Å². The second-order valence-electron chi connectivity index (χ2n) is 5.31. The van der Waals surface area contributed by atoms with E-state index >= 15 is 0 Å². The lowest BCUT2D eigenvalue weighted by molar-refractivity contribution is -0.275. The molecule has 2 aromatic rings. The average Bonchev–Trinajstić information content (AvgIpc) is 2.78. The summed E-state index contributed by atoms with van der Waals surface area (Å²) in [4.78, 5) is -0.635. The van der Waals surface area contributed by atoms with Gasteiger partial charge in [-0.3, -0.25) is 4.72 Å². The molecule has 0 aliphatic carbocycles. The lowest BCUT2D eigenvalue weighted by atomic mass is 10.3. The van der Waals surface area contributed by atoms with E-state index in [4.69, 9.17) is 9.47 Å². The Morgan fingerprint density at radius 3 is 2.42 bits per heavy atom. The number of para-hydroxylation sites is 1. The molecule has 26 heavy (non-hydrogen) atoms. The largest absolute Gasteiger partial charge is 0.573 e. The average molecular weight is 389 g/mol. The molecule has 10 heteroatoms. The van der Waals surface area contributed by atoms with Crippen LogP contribution in [0.15, 0.2) is 47.4 Å². The molecule has 0 unspecified atom stereocenters. The first-order chi connectivity index (χ1) is 12.2. The topological polar surface area (TPSA) is 73.9 Å². The van der Waals surface area contributed by atoms with Gasteiger partial charge in [0.2, 0.25) is 0 Å². The molecule has 3 rings (SSSR count). The predicted octanol–water partition coefficient (Wildman–Crippen LogP) is 3.55. The predicted molar refractivity (Wildman–Crippen MR) is 86.0 cm³/mol. The van der Waals surface area contributed by atoms with Crippen molar-refractivity contribution in [1.29, 1.82) is 0 Å². The number of hydrogen-bond donors (Lipinski definition) is 1. The zero-order valence-corrected chi connectivity index (χ0v) is 14.1. The molecule has 1 aliphatic heterocycles. The molecule has 0 spiro atoms. The molecule has 0 radical (unpaired) electrons. The lowest BCUT2D eigenvalue weighted by Gasteiger charge is -2.15. The Kier molecular flexibility index (Phi) is 4.86. The van der Waals surface area contributed by atoms with Crippen molar-refractivity contribution in [3.63, 3.8) is 0 Å². The van der Waals surface area contributed by atoms with Gasteiger partial charge in [-0.15, -0.1) is 13.2 Å². The summed E-state index contributed by atoms with van der Waals surface area (Å²) >= 11 is 0. The van der Waals surface area contributed by atoms with E-state index in [9.17, 15) is 21.6 Å². The second-order valence-corrected chi connectivity index (χ2v) is 6.96. The fourth-order valence-electron chi connectivity index (χ4n) is 2.32. The first kappa shape index (κ1) is 18.2. The standard InChI is InChI=1S/C16H14F3NO5S/c17-16(18,19)25-13-4-1-2-5-15(13)26(21,22)20-11-6-7-12-14(10-11)24-9-3-8-23-12/h1-2,4-7,10,20H,3,8-9H2. The van der Waals surface area contributed by atoms with Crippen LogP contribution < -0.4 is 18.9 Å². The van der Waals surface area contributed by atoms with Gasteiger partial charge < -0.3 is 14.2 Å². The minimum absolute atomic E-state index is 0.121. The summed E-state index contributed by atoms with van der Waals surface area (Å²) in [6.07, 6.45) is -4.33. The van der Waals surface area contributed by atoms with Gasteiger partial charge in [-0.05, 0) is 24.3 Å². The molecule has 0 saturated heterocycles. The highest BCUT2D eigenvalue weighted by molar-refractivity contribution is 7.92. The maximum Gasteiger partial charge on any atom is 0.573 e. The number of anilines is 1. The number of fused-ring (bicyclic) bond motifs is 1. The van der Waals surface area contributed by atoms with E-state index < -0.39 is 27.0 Å². The Labute approximate surface area is 147 Å². The zero-order valence-electron chi connectivity index (χ0n) is 13.2. The maximum atomic E-state index is 12.5. The van der Waals surface area contributed by atoms with Crippen molar-refractivity contribution in [3.8, 4) is 17.2 Å². The summed E-state index contributed by atoms with van der Waals surface area (Å²) < 4.78 is 79.4. The van der Waals surface area contributed by atoms with Gasteiger partial charge in [-0.1, -0.05) is 12.1 Å². The SMILES string of the molecule is O=S(=O)(Nc1ccc2c(c1)OCCCO2)c1ccccc1OC(F)(F)F. The highest BCUT2D eigenvalue weighted by Crippen LogP contribution is 2.34. The molecule has 1 aliphatic rings. The molecule has 0 aromatic heterocycles. The third kappa shape index (κ3) is 4.31. The monoisotopic (exact) mass is 389 g/mol. The molecular formula is C16H14F3NO5S.